The highest BCUT2D eigenvalue weighted by Gasteiger charge is 2.43. The molecule has 1 N–H and O–H groups in total. The molecule has 2 rings (SSSR count). The van der Waals surface area contributed by atoms with Gasteiger partial charge in [-0.15, -0.1) is 0 Å². The summed E-state index contributed by atoms with van der Waals surface area (Å²) in [6, 6.07) is 4.03. The van der Waals surface area contributed by atoms with Gasteiger partial charge in [0.2, 0.25) is 0 Å². The smallest absolute Gasteiger partial charge is 0.164 e. The molecule has 1 unspecified atom stereocenters. The summed E-state index contributed by atoms with van der Waals surface area (Å²) in [4.78, 5) is 2.24. The van der Waals surface area contributed by atoms with Crippen molar-refractivity contribution in [1.82, 2.24) is 4.90 Å². The summed E-state index contributed by atoms with van der Waals surface area (Å²) in [5.74, 6) is -1.82. The zero-order valence-corrected chi connectivity index (χ0v) is 12.2. The van der Waals surface area contributed by atoms with Crippen LogP contribution in [-0.4, -0.2) is 28.6 Å². The van der Waals surface area contributed by atoms with Gasteiger partial charge in [0.25, 0.3) is 0 Å². The van der Waals surface area contributed by atoms with Crippen LogP contribution in [0.4, 0.5) is 8.78 Å². The summed E-state index contributed by atoms with van der Waals surface area (Å²) in [5.41, 5.74) is -0.439. The standard InChI is InChI=1S/C16H23F2NO/c1-3-16(4-2,19-10-5-6-11-19)15(20)12-8-7-9-13(17)14(12)18/h7-9,15,20H,3-6,10-11H2,1-2H3. The zero-order chi connectivity index (χ0) is 14.8. The van der Waals surface area contributed by atoms with Crippen molar-refractivity contribution >= 4 is 0 Å². The van der Waals surface area contributed by atoms with E-state index in [9.17, 15) is 13.9 Å². The maximum atomic E-state index is 14.0. The molecule has 112 valence electrons. The fraction of sp³-hybridized carbons (Fsp3) is 0.625. The SMILES string of the molecule is CCC(CC)(C(O)c1cccc(F)c1F)N1CCCC1. The van der Waals surface area contributed by atoms with Crippen molar-refractivity contribution in [2.24, 2.45) is 0 Å². The van der Waals surface area contributed by atoms with Gasteiger partial charge in [0.1, 0.15) is 6.10 Å². The molecule has 1 aliphatic rings. The first-order valence-electron chi connectivity index (χ1n) is 7.43. The van der Waals surface area contributed by atoms with Gasteiger partial charge in [-0.05, 0) is 44.8 Å². The van der Waals surface area contributed by atoms with Gasteiger partial charge in [0.15, 0.2) is 11.6 Å². The van der Waals surface area contributed by atoms with E-state index in [1.54, 1.807) is 0 Å². The Morgan fingerprint density at radius 3 is 2.35 bits per heavy atom. The Morgan fingerprint density at radius 1 is 1.20 bits per heavy atom. The Balaban J connectivity index is 2.40. The molecule has 4 heteroatoms. The van der Waals surface area contributed by atoms with Gasteiger partial charge in [-0.3, -0.25) is 4.90 Å². The first-order chi connectivity index (χ1) is 9.56. The van der Waals surface area contributed by atoms with E-state index in [-0.39, 0.29) is 5.56 Å². The van der Waals surface area contributed by atoms with Crippen molar-refractivity contribution in [3.8, 4) is 0 Å². The Kier molecular flexibility index (Phi) is 4.76. The molecule has 1 aliphatic heterocycles. The molecule has 1 aromatic carbocycles. The van der Waals surface area contributed by atoms with Gasteiger partial charge in [-0.2, -0.15) is 0 Å². The summed E-state index contributed by atoms with van der Waals surface area (Å²) in [6.45, 7) is 5.83. The first-order valence-corrected chi connectivity index (χ1v) is 7.43. The van der Waals surface area contributed by atoms with E-state index in [4.69, 9.17) is 0 Å². The zero-order valence-electron chi connectivity index (χ0n) is 12.2. The van der Waals surface area contributed by atoms with Crippen molar-refractivity contribution in [1.29, 1.82) is 0 Å². The Labute approximate surface area is 119 Å². The van der Waals surface area contributed by atoms with E-state index in [1.807, 2.05) is 13.8 Å². The molecular weight excluding hydrogens is 260 g/mol. The third-order valence-electron chi connectivity index (χ3n) is 4.75. The quantitative estimate of drug-likeness (QED) is 0.891. The number of halogens is 2. The van der Waals surface area contributed by atoms with E-state index in [0.29, 0.717) is 12.8 Å². The number of aliphatic hydroxyl groups excluding tert-OH is 1. The number of benzene rings is 1. The maximum Gasteiger partial charge on any atom is 0.164 e. The molecular formula is C16H23F2NO. The first kappa shape index (κ1) is 15.4. The largest absolute Gasteiger partial charge is 0.386 e. The molecule has 1 fully saturated rings. The van der Waals surface area contributed by atoms with E-state index in [2.05, 4.69) is 4.90 Å². The molecule has 1 heterocycles. The van der Waals surface area contributed by atoms with Crippen molar-refractivity contribution in [2.45, 2.75) is 51.2 Å². The molecule has 0 spiro atoms. The number of hydrogen-bond donors (Lipinski definition) is 1. The molecule has 20 heavy (non-hydrogen) atoms. The van der Waals surface area contributed by atoms with Crippen LogP contribution in [-0.2, 0) is 0 Å². The lowest BCUT2D eigenvalue weighted by Crippen LogP contribution is -2.51. The van der Waals surface area contributed by atoms with Gasteiger partial charge < -0.3 is 5.11 Å². The number of aliphatic hydroxyl groups is 1. The normalized spacial score (nSPS) is 18.4. The Bertz CT molecular complexity index is 454. The molecule has 0 amide bonds. The fourth-order valence-electron chi connectivity index (χ4n) is 3.44. The van der Waals surface area contributed by atoms with E-state index in [0.717, 1.165) is 32.0 Å². The second kappa shape index (κ2) is 6.19. The van der Waals surface area contributed by atoms with Crippen LogP contribution < -0.4 is 0 Å². The highest BCUT2D eigenvalue weighted by Crippen LogP contribution is 2.40. The number of nitrogens with zero attached hydrogens (tertiary/aromatic N) is 1. The molecule has 0 saturated carbocycles. The molecule has 1 aromatic rings. The van der Waals surface area contributed by atoms with Crippen molar-refractivity contribution in [2.75, 3.05) is 13.1 Å². The minimum Gasteiger partial charge on any atom is -0.386 e. The summed E-state index contributed by atoms with van der Waals surface area (Å²) >= 11 is 0. The average molecular weight is 283 g/mol. The van der Waals surface area contributed by atoms with Crippen LogP contribution in [0, 0.1) is 11.6 Å². The van der Waals surface area contributed by atoms with Crippen LogP contribution in [0.5, 0.6) is 0 Å². The number of likely N-dealkylation sites (tertiary alicyclic amines) is 1. The molecule has 0 radical (unpaired) electrons. The third kappa shape index (κ3) is 2.47. The molecule has 0 aromatic heterocycles. The fourth-order valence-corrected chi connectivity index (χ4v) is 3.44. The van der Waals surface area contributed by atoms with Crippen LogP contribution >= 0.6 is 0 Å². The van der Waals surface area contributed by atoms with Gasteiger partial charge >= 0.3 is 0 Å². The highest BCUT2D eigenvalue weighted by atomic mass is 19.2. The van der Waals surface area contributed by atoms with E-state index in [1.165, 1.54) is 12.1 Å². The van der Waals surface area contributed by atoms with E-state index < -0.39 is 23.3 Å². The van der Waals surface area contributed by atoms with Crippen molar-refractivity contribution in [3.63, 3.8) is 0 Å². The van der Waals surface area contributed by atoms with Crippen LogP contribution in [0.3, 0.4) is 0 Å². The average Bonchev–Trinajstić information content (AvgIpc) is 2.98. The lowest BCUT2D eigenvalue weighted by atomic mass is 9.81. The Hall–Kier alpha value is -1.00. The summed E-state index contributed by atoms with van der Waals surface area (Å²) in [6.07, 6.45) is 2.60. The van der Waals surface area contributed by atoms with Gasteiger partial charge in [0.05, 0.1) is 5.54 Å². The predicted molar refractivity (Wildman–Crippen MR) is 75.4 cm³/mol. The van der Waals surface area contributed by atoms with Crippen LogP contribution in [0.2, 0.25) is 0 Å². The van der Waals surface area contributed by atoms with Gasteiger partial charge in [-0.1, -0.05) is 26.0 Å². The predicted octanol–water partition coefficient (Wildman–Crippen LogP) is 3.65. The number of rotatable bonds is 5. The van der Waals surface area contributed by atoms with Gasteiger partial charge in [0, 0.05) is 5.56 Å². The topological polar surface area (TPSA) is 23.5 Å². The molecule has 0 aliphatic carbocycles. The second-order valence-corrected chi connectivity index (χ2v) is 5.55. The third-order valence-corrected chi connectivity index (χ3v) is 4.75. The minimum atomic E-state index is -1.01. The van der Waals surface area contributed by atoms with Crippen LogP contribution in [0.1, 0.15) is 51.2 Å². The highest BCUT2D eigenvalue weighted by molar-refractivity contribution is 5.25. The van der Waals surface area contributed by atoms with Crippen molar-refractivity contribution < 1.29 is 13.9 Å². The Morgan fingerprint density at radius 2 is 1.80 bits per heavy atom. The van der Waals surface area contributed by atoms with Crippen LogP contribution in [0.25, 0.3) is 0 Å². The summed E-state index contributed by atoms with van der Waals surface area (Å²) in [7, 11) is 0. The minimum absolute atomic E-state index is 0.0700. The summed E-state index contributed by atoms with van der Waals surface area (Å²) in [5, 5.41) is 10.7. The molecule has 2 nitrogen and oxygen atoms in total. The second-order valence-electron chi connectivity index (χ2n) is 5.55. The lowest BCUT2D eigenvalue weighted by Gasteiger charge is -2.44. The van der Waals surface area contributed by atoms with Crippen molar-refractivity contribution in [3.05, 3.63) is 35.4 Å². The number of hydrogen-bond acceptors (Lipinski definition) is 2. The molecule has 1 atom stereocenters. The molecule has 0 bridgehead atoms. The van der Waals surface area contributed by atoms with Crippen LogP contribution in [0.15, 0.2) is 18.2 Å². The van der Waals surface area contributed by atoms with Gasteiger partial charge in [-0.25, -0.2) is 8.78 Å². The maximum absolute atomic E-state index is 14.0. The monoisotopic (exact) mass is 283 g/mol. The molecule has 1 saturated heterocycles. The lowest BCUT2D eigenvalue weighted by molar-refractivity contribution is -0.0314. The summed E-state index contributed by atoms with van der Waals surface area (Å²) < 4.78 is 27.4. The van der Waals surface area contributed by atoms with E-state index >= 15 is 0 Å².